The van der Waals surface area contributed by atoms with Gasteiger partial charge in [-0.05, 0) is 30.7 Å². The smallest absolute Gasteiger partial charge is 0.262 e. The molecule has 2 heterocycles. The SMILES string of the molecule is Cc1sc2ncn(CCC(=O)Nc3ccc(C#N)c(Cl)c3)c(=O)c2c1-c1ccccc1. The Bertz CT molecular complexity index is 1390. The van der Waals surface area contributed by atoms with Gasteiger partial charge in [0.25, 0.3) is 5.56 Å². The van der Waals surface area contributed by atoms with Gasteiger partial charge in [-0.2, -0.15) is 5.26 Å². The van der Waals surface area contributed by atoms with Crippen LogP contribution in [0.15, 0.2) is 59.7 Å². The Morgan fingerprint density at radius 2 is 2.03 bits per heavy atom. The van der Waals surface area contributed by atoms with Crippen LogP contribution in [0, 0.1) is 18.3 Å². The molecule has 31 heavy (non-hydrogen) atoms. The summed E-state index contributed by atoms with van der Waals surface area (Å²) in [5.41, 5.74) is 2.53. The summed E-state index contributed by atoms with van der Waals surface area (Å²) in [6, 6.07) is 16.4. The van der Waals surface area contributed by atoms with E-state index >= 15 is 0 Å². The van der Waals surface area contributed by atoms with E-state index in [2.05, 4.69) is 10.3 Å². The second kappa shape index (κ2) is 8.72. The molecule has 1 amide bonds. The Morgan fingerprint density at radius 3 is 2.74 bits per heavy atom. The van der Waals surface area contributed by atoms with Crippen LogP contribution in [0.3, 0.4) is 0 Å². The molecule has 0 radical (unpaired) electrons. The average Bonchev–Trinajstić information content (AvgIpc) is 3.11. The van der Waals surface area contributed by atoms with E-state index in [1.54, 1.807) is 12.1 Å². The summed E-state index contributed by atoms with van der Waals surface area (Å²) in [6.07, 6.45) is 1.58. The normalized spacial score (nSPS) is 10.7. The molecule has 0 fully saturated rings. The van der Waals surface area contributed by atoms with Crippen LogP contribution in [-0.4, -0.2) is 15.5 Å². The van der Waals surface area contributed by atoms with Crippen molar-refractivity contribution in [2.24, 2.45) is 0 Å². The van der Waals surface area contributed by atoms with Crippen molar-refractivity contribution in [3.8, 4) is 17.2 Å². The molecule has 0 saturated carbocycles. The number of nitriles is 1. The highest BCUT2D eigenvalue weighted by Gasteiger charge is 2.17. The monoisotopic (exact) mass is 448 g/mol. The Hall–Kier alpha value is -3.47. The maximum absolute atomic E-state index is 13.2. The number of thiophene rings is 1. The third kappa shape index (κ3) is 4.22. The summed E-state index contributed by atoms with van der Waals surface area (Å²) >= 11 is 7.49. The average molecular weight is 449 g/mol. The summed E-state index contributed by atoms with van der Waals surface area (Å²) in [5.74, 6) is -0.266. The predicted molar refractivity (Wildman–Crippen MR) is 123 cm³/mol. The zero-order chi connectivity index (χ0) is 22.0. The molecule has 6 nitrogen and oxygen atoms in total. The minimum absolute atomic E-state index is 0.0918. The van der Waals surface area contributed by atoms with Crippen molar-refractivity contribution in [2.75, 3.05) is 5.32 Å². The standard InChI is InChI=1S/C23H17ClN4O2S/c1-14-20(15-5-3-2-4-6-15)21-22(31-14)26-13-28(23(21)30)10-9-19(29)27-17-8-7-16(12-25)18(24)11-17/h2-8,11,13H,9-10H2,1H3,(H,27,29). The fraction of sp³-hybridized carbons (Fsp3) is 0.130. The molecule has 0 unspecified atom stereocenters. The third-order valence-electron chi connectivity index (χ3n) is 4.87. The van der Waals surface area contributed by atoms with E-state index in [0.717, 1.165) is 16.0 Å². The minimum atomic E-state index is -0.266. The van der Waals surface area contributed by atoms with Crippen LogP contribution in [0.2, 0.25) is 5.02 Å². The number of aromatic nitrogens is 2. The molecule has 0 bridgehead atoms. The number of anilines is 1. The molecule has 2 aromatic carbocycles. The molecule has 4 rings (SSSR count). The molecular weight excluding hydrogens is 432 g/mol. The number of rotatable bonds is 5. The molecule has 4 aromatic rings. The summed E-state index contributed by atoms with van der Waals surface area (Å²) in [4.78, 5) is 31.7. The van der Waals surface area contributed by atoms with Crippen LogP contribution in [0.25, 0.3) is 21.3 Å². The quantitative estimate of drug-likeness (QED) is 0.466. The van der Waals surface area contributed by atoms with Crippen LogP contribution in [-0.2, 0) is 11.3 Å². The van der Waals surface area contributed by atoms with Gasteiger partial charge in [0.1, 0.15) is 10.9 Å². The second-order valence-electron chi connectivity index (χ2n) is 6.93. The first-order valence-corrected chi connectivity index (χ1v) is 10.7. The van der Waals surface area contributed by atoms with Crippen molar-refractivity contribution in [1.29, 1.82) is 5.26 Å². The maximum atomic E-state index is 13.2. The van der Waals surface area contributed by atoms with Crippen molar-refractivity contribution in [1.82, 2.24) is 9.55 Å². The number of aryl methyl sites for hydroxylation is 2. The summed E-state index contributed by atoms with van der Waals surface area (Å²) in [5, 5.41) is 12.5. The number of carbonyl (C=O) groups is 1. The van der Waals surface area contributed by atoms with Gasteiger partial charge in [-0.15, -0.1) is 11.3 Å². The predicted octanol–water partition coefficient (Wildman–Crippen LogP) is 4.99. The summed E-state index contributed by atoms with van der Waals surface area (Å²) in [6.45, 7) is 2.18. The zero-order valence-corrected chi connectivity index (χ0v) is 18.1. The largest absolute Gasteiger partial charge is 0.326 e. The minimum Gasteiger partial charge on any atom is -0.326 e. The van der Waals surface area contributed by atoms with E-state index < -0.39 is 0 Å². The van der Waals surface area contributed by atoms with Gasteiger partial charge < -0.3 is 5.32 Å². The molecule has 0 atom stereocenters. The van der Waals surface area contributed by atoms with E-state index in [9.17, 15) is 9.59 Å². The zero-order valence-electron chi connectivity index (χ0n) is 16.6. The molecule has 0 aliphatic carbocycles. The van der Waals surface area contributed by atoms with Gasteiger partial charge in [-0.3, -0.25) is 14.2 Å². The van der Waals surface area contributed by atoms with Crippen LogP contribution in [0.5, 0.6) is 0 Å². The lowest BCUT2D eigenvalue weighted by molar-refractivity contribution is -0.116. The van der Waals surface area contributed by atoms with Crippen molar-refractivity contribution >= 4 is 44.7 Å². The Kier molecular flexibility index (Phi) is 5.85. The van der Waals surface area contributed by atoms with Crippen molar-refractivity contribution < 1.29 is 4.79 Å². The lowest BCUT2D eigenvalue weighted by Gasteiger charge is -2.08. The summed E-state index contributed by atoms with van der Waals surface area (Å²) in [7, 11) is 0. The fourth-order valence-corrected chi connectivity index (χ4v) is 4.60. The van der Waals surface area contributed by atoms with E-state index in [0.29, 0.717) is 21.5 Å². The molecule has 2 aromatic heterocycles. The molecule has 0 spiro atoms. The van der Waals surface area contributed by atoms with Crippen LogP contribution < -0.4 is 10.9 Å². The fourth-order valence-electron chi connectivity index (χ4n) is 3.38. The molecule has 0 saturated heterocycles. The number of fused-ring (bicyclic) bond motifs is 1. The number of nitrogens with one attached hydrogen (secondary N) is 1. The van der Waals surface area contributed by atoms with Gasteiger partial charge in [-0.25, -0.2) is 4.98 Å². The first kappa shape index (κ1) is 20.8. The van der Waals surface area contributed by atoms with Gasteiger partial charge in [0.2, 0.25) is 5.91 Å². The van der Waals surface area contributed by atoms with E-state index in [1.165, 1.54) is 28.3 Å². The number of halogens is 1. The topological polar surface area (TPSA) is 87.8 Å². The molecular formula is C23H17ClN4O2S. The van der Waals surface area contributed by atoms with Crippen LogP contribution in [0.1, 0.15) is 16.9 Å². The Balaban J connectivity index is 1.56. The third-order valence-corrected chi connectivity index (χ3v) is 6.20. The van der Waals surface area contributed by atoms with Crippen molar-refractivity contribution in [3.63, 3.8) is 0 Å². The molecule has 0 aliphatic heterocycles. The summed E-state index contributed by atoms with van der Waals surface area (Å²) < 4.78 is 1.46. The number of amides is 1. The molecule has 1 N–H and O–H groups in total. The van der Waals surface area contributed by atoms with Crippen LogP contribution in [0.4, 0.5) is 5.69 Å². The highest BCUT2D eigenvalue weighted by molar-refractivity contribution is 7.19. The number of nitrogens with zero attached hydrogens (tertiary/aromatic N) is 3. The second-order valence-corrected chi connectivity index (χ2v) is 8.54. The van der Waals surface area contributed by atoms with Gasteiger partial charge in [-0.1, -0.05) is 41.9 Å². The Labute approximate surface area is 187 Å². The lowest BCUT2D eigenvalue weighted by Crippen LogP contribution is -2.23. The van der Waals surface area contributed by atoms with Gasteiger partial charge >= 0.3 is 0 Å². The van der Waals surface area contributed by atoms with Gasteiger partial charge in [0.05, 0.1) is 22.3 Å². The molecule has 8 heteroatoms. The first-order chi connectivity index (χ1) is 15.0. The number of carbonyl (C=O) groups excluding carboxylic acids is 1. The maximum Gasteiger partial charge on any atom is 0.262 e. The van der Waals surface area contributed by atoms with Crippen molar-refractivity contribution in [3.05, 3.63) is 80.7 Å². The van der Waals surface area contributed by atoms with E-state index in [1.807, 2.05) is 43.3 Å². The highest BCUT2D eigenvalue weighted by atomic mass is 35.5. The highest BCUT2D eigenvalue weighted by Crippen LogP contribution is 2.35. The molecule has 154 valence electrons. The Morgan fingerprint density at radius 1 is 1.26 bits per heavy atom. The number of hydrogen-bond donors (Lipinski definition) is 1. The first-order valence-electron chi connectivity index (χ1n) is 9.51. The van der Waals surface area contributed by atoms with E-state index in [4.69, 9.17) is 16.9 Å². The van der Waals surface area contributed by atoms with E-state index in [-0.39, 0.29) is 29.5 Å². The molecule has 0 aliphatic rings. The number of benzene rings is 2. The van der Waals surface area contributed by atoms with Crippen LogP contribution >= 0.6 is 22.9 Å². The lowest BCUT2D eigenvalue weighted by atomic mass is 10.0. The van der Waals surface area contributed by atoms with Gasteiger partial charge in [0.15, 0.2) is 0 Å². The van der Waals surface area contributed by atoms with Gasteiger partial charge in [0, 0.05) is 29.1 Å². The van der Waals surface area contributed by atoms with Crippen molar-refractivity contribution in [2.45, 2.75) is 19.9 Å². The number of hydrogen-bond acceptors (Lipinski definition) is 5.